The van der Waals surface area contributed by atoms with Gasteiger partial charge in [0, 0.05) is 12.7 Å². The summed E-state index contributed by atoms with van der Waals surface area (Å²) < 4.78 is 0. The first-order valence-electron chi connectivity index (χ1n) is 8.51. The van der Waals surface area contributed by atoms with Crippen LogP contribution < -0.4 is 10.6 Å². The second kappa shape index (κ2) is 8.73. The van der Waals surface area contributed by atoms with Gasteiger partial charge in [-0.1, -0.05) is 18.2 Å². The zero-order valence-corrected chi connectivity index (χ0v) is 14.3. The molecular weight excluding hydrogens is 286 g/mol. The fraction of sp³-hybridized carbons (Fsp3) is 0.526. The highest BCUT2D eigenvalue weighted by Crippen LogP contribution is 2.28. The van der Waals surface area contributed by atoms with E-state index in [4.69, 9.17) is 0 Å². The smallest absolute Gasteiger partial charge is 0.242 e. The van der Waals surface area contributed by atoms with E-state index in [1.54, 1.807) is 7.05 Å². The minimum atomic E-state index is -0.216. The Morgan fingerprint density at radius 1 is 1.35 bits per heavy atom. The number of allylic oxidation sites excluding steroid dienone is 1. The van der Waals surface area contributed by atoms with Crippen molar-refractivity contribution in [2.45, 2.75) is 37.6 Å². The standard InChI is InChI=1S/C19H29N3O/c1-4-5-6-18(19(23)20-2)21-17-9-7-15(8-10-17)16-11-13-22(3)14-12-16/h4,7-10,16,18,21H,1,5-6,11-14H2,2-3H3,(H,20,23). The molecule has 1 aromatic rings. The molecule has 1 amide bonds. The molecule has 4 heteroatoms. The number of likely N-dealkylation sites (N-methyl/N-ethyl adjacent to an activating group) is 1. The van der Waals surface area contributed by atoms with E-state index in [-0.39, 0.29) is 11.9 Å². The lowest BCUT2D eigenvalue weighted by Crippen LogP contribution is -2.37. The Kier molecular flexibility index (Phi) is 6.66. The van der Waals surface area contributed by atoms with Crippen LogP contribution in [-0.4, -0.2) is 44.0 Å². The fourth-order valence-electron chi connectivity index (χ4n) is 3.12. The van der Waals surface area contributed by atoms with Gasteiger partial charge in [-0.2, -0.15) is 0 Å². The van der Waals surface area contributed by atoms with Crippen LogP contribution in [0, 0.1) is 0 Å². The van der Waals surface area contributed by atoms with E-state index < -0.39 is 0 Å². The molecule has 1 aliphatic rings. The number of rotatable bonds is 7. The molecule has 1 aromatic carbocycles. The lowest BCUT2D eigenvalue weighted by molar-refractivity contribution is -0.121. The van der Waals surface area contributed by atoms with Gasteiger partial charge in [-0.05, 0) is 69.4 Å². The Morgan fingerprint density at radius 3 is 2.57 bits per heavy atom. The molecule has 1 unspecified atom stereocenters. The number of piperidine rings is 1. The molecular formula is C19H29N3O. The van der Waals surface area contributed by atoms with Gasteiger partial charge in [-0.25, -0.2) is 0 Å². The van der Waals surface area contributed by atoms with Crippen molar-refractivity contribution in [1.29, 1.82) is 0 Å². The van der Waals surface area contributed by atoms with Crippen molar-refractivity contribution in [3.05, 3.63) is 42.5 Å². The number of carbonyl (C=O) groups is 1. The summed E-state index contributed by atoms with van der Waals surface area (Å²) in [7, 11) is 3.86. The van der Waals surface area contributed by atoms with E-state index in [1.165, 1.54) is 31.5 Å². The molecule has 0 aliphatic carbocycles. The van der Waals surface area contributed by atoms with E-state index >= 15 is 0 Å². The topological polar surface area (TPSA) is 44.4 Å². The van der Waals surface area contributed by atoms with Crippen molar-refractivity contribution in [3.8, 4) is 0 Å². The summed E-state index contributed by atoms with van der Waals surface area (Å²) in [4.78, 5) is 14.3. The molecule has 1 fully saturated rings. The fourth-order valence-corrected chi connectivity index (χ4v) is 3.12. The average Bonchev–Trinajstić information content (AvgIpc) is 2.59. The number of nitrogens with zero attached hydrogens (tertiary/aromatic N) is 1. The summed E-state index contributed by atoms with van der Waals surface area (Å²) in [6, 6.07) is 8.38. The largest absolute Gasteiger partial charge is 0.374 e. The first-order valence-corrected chi connectivity index (χ1v) is 8.51. The Bertz CT molecular complexity index is 504. The molecule has 1 atom stereocenters. The second-order valence-electron chi connectivity index (χ2n) is 6.38. The maximum Gasteiger partial charge on any atom is 0.242 e. The SMILES string of the molecule is C=CCCC(Nc1ccc(C2CCN(C)CC2)cc1)C(=O)NC. The number of benzene rings is 1. The van der Waals surface area contributed by atoms with Crippen molar-refractivity contribution in [2.24, 2.45) is 0 Å². The predicted octanol–water partition coefficient (Wildman–Crippen LogP) is 2.99. The van der Waals surface area contributed by atoms with Gasteiger partial charge in [0.2, 0.25) is 5.91 Å². The van der Waals surface area contributed by atoms with E-state index in [1.807, 2.05) is 6.08 Å². The quantitative estimate of drug-likeness (QED) is 0.760. The van der Waals surface area contributed by atoms with E-state index in [9.17, 15) is 4.79 Å². The number of likely N-dealkylation sites (tertiary alicyclic amines) is 1. The van der Waals surface area contributed by atoms with Gasteiger partial charge in [-0.3, -0.25) is 4.79 Å². The van der Waals surface area contributed by atoms with Gasteiger partial charge >= 0.3 is 0 Å². The van der Waals surface area contributed by atoms with E-state index in [0.29, 0.717) is 5.92 Å². The number of hydrogen-bond acceptors (Lipinski definition) is 3. The Labute approximate surface area is 140 Å². The van der Waals surface area contributed by atoms with Gasteiger partial charge < -0.3 is 15.5 Å². The van der Waals surface area contributed by atoms with E-state index in [0.717, 1.165) is 18.5 Å². The highest BCUT2D eigenvalue weighted by atomic mass is 16.2. The van der Waals surface area contributed by atoms with Crippen LogP contribution in [0.4, 0.5) is 5.69 Å². The van der Waals surface area contributed by atoms with Crippen LogP contribution in [0.2, 0.25) is 0 Å². The molecule has 0 radical (unpaired) electrons. The summed E-state index contributed by atoms with van der Waals surface area (Å²) in [6.45, 7) is 6.07. The first-order chi connectivity index (χ1) is 11.1. The van der Waals surface area contributed by atoms with Crippen LogP contribution in [0.15, 0.2) is 36.9 Å². The molecule has 1 heterocycles. The summed E-state index contributed by atoms with van der Waals surface area (Å²) >= 11 is 0. The lowest BCUT2D eigenvalue weighted by atomic mass is 9.89. The molecule has 2 rings (SSSR count). The maximum absolute atomic E-state index is 12.0. The minimum absolute atomic E-state index is 0.0197. The van der Waals surface area contributed by atoms with Crippen LogP contribution in [0.1, 0.15) is 37.2 Å². The molecule has 1 aliphatic heterocycles. The number of nitrogens with one attached hydrogen (secondary N) is 2. The van der Waals surface area contributed by atoms with Crippen LogP contribution in [0.5, 0.6) is 0 Å². The Morgan fingerprint density at radius 2 is 2.00 bits per heavy atom. The van der Waals surface area contributed by atoms with Crippen molar-refractivity contribution in [1.82, 2.24) is 10.2 Å². The number of amides is 1. The molecule has 0 aromatic heterocycles. The molecule has 2 N–H and O–H groups in total. The van der Waals surface area contributed by atoms with Crippen molar-refractivity contribution in [2.75, 3.05) is 32.5 Å². The van der Waals surface area contributed by atoms with Crippen LogP contribution in [0.3, 0.4) is 0 Å². The number of hydrogen-bond donors (Lipinski definition) is 2. The van der Waals surface area contributed by atoms with Gasteiger partial charge in [0.1, 0.15) is 6.04 Å². The zero-order valence-electron chi connectivity index (χ0n) is 14.3. The highest BCUT2D eigenvalue weighted by molar-refractivity contribution is 5.84. The molecule has 0 spiro atoms. The summed E-state index contributed by atoms with van der Waals surface area (Å²) in [5.41, 5.74) is 2.41. The van der Waals surface area contributed by atoms with Gasteiger partial charge in [0.25, 0.3) is 0 Å². The highest BCUT2D eigenvalue weighted by Gasteiger charge is 2.19. The average molecular weight is 315 g/mol. The normalized spacial score (nSPS) is 17.5. The Hall–Kier alpha value is -1.81. The summed E-state index contributed by atoms with van der Waals surface area (Å²) in [5.74, 6) is 0.682. The minimum Gasteiger partial charge on any atom is -0.374 e. The number of carbonyl (C=O) groups excluding carboxylic acids is 1. The van der Waals surface area contributed by atoms with Gasteiger partial charge in [-0.15, -0.1) is 6.58 Å². The molecule has 0 saturated carbocycles. The zero-order chi connectivity index (χ0) is 16.7. The third-order valence-corrected chi connectivity index (χ3v) is 4.66. The van der Waals surface area contributed by atoms with Crippen LogP contribution >= 0.6 is 0 Å². The van der Waals surface area contributed by atoms with Crippen molar-refractivity contribution < 1.29 is 4.79 Å². The molecule has 23 heavy (non-hydrogen) atoms. The monoisotopic (exact) mass is 315 g/mol. The number of anilines is 1. The third kappa shape index (κ3) is 5.10. The Balaban J connectivity index is 1.97. The van der Waals surface area contributed by atoms with Crippen LogP contribution in [0.25, 0.3) is 0 Å². The molecule has 1 saturated heterocycles. The van der Waals surface area contributed by atoms with Crippen LogP contribution in [-0.2, 0) is 4.79 Å². The first kappa shape index (κ1) is 17.5. The molecule has 126 valence electrons. The summed E-state index contributed by atoms with van der Waals surface area (Å²) in [5, 5.41) is 6.05. The maximum atomic E-state index is 12.0. The van der Waals surface area contributed by atoms with Crippen molar-refractivity contribution in [3.63, 3.8) is 0 Å². The lowest BCUT2D eigenvalue weighted by Gasteiger charge is -2.29. The van der Waals surface area contributed by atoms with Gasteiger partial charge in [0.15, 0.2) is 0 Å². The summed E-state index contributed by atoms with van der Waals surface area (Å²) in [6.07, 6.45) is 5.87. The van der Waals surface area contributed by atoms with Gasteiger partial charge in [0.05, 0.1) is 0 Å². The van der Waals surface area contributed by atoms with Crippen molar-refractivity contribution >= 4 is 11.6 Å². The second-order valence-corrected chi connectivity index (χ2v) is 6.38. The predicted molar refractivity (Wildman–Crippen MR) is 96.8 cm³/mol. The van der Waals surface area contributed by atoms with E-state index in [2.05, 4.69) is 53.4 Å². The molecule has 0 bridgehead atoms. The molecule has 4 nitrogen and oxygen atoms in total. The third-order valence-electron chi connectivity index (χ3n) is 4.66.